The van der Waals surface area contributed by atoms with Gasteiger partial charge in [-0.1, -0.05) is 38.5 Å². The molecule has 1 aromatic heterocycles. The minimum Gasteiger partial charge on any atom is -0.338 e. The van der Waals surface area contributed by atoms with Gasteiger partial charge >= 0.3 is 0 Å². The van der Waals surface area contributed by atoms with Crippen LogP contribution in [-0.4, -0.2) is 57.4 Å². The number of aromatic amines is 1. The molecule has 164 valence electrons. The van der Waals surface area contributed by atoms with Crippen LogP contribution in [0.2, 0.25) is 0 Å². The molecule has 3 saturated heterocycles. The van der Waals surface area contributed by atoms with Gasteiger partial charge in [0.2, 0.25) is 0 Å². The lowest BCUT2D eigenvalue weighted by Gasteiger charge is -2.57. The lowest BCUT2D eigenvalue weighted by molar-refractivity contribution is -0.0725. The van der Waals surface area contributed by atoms with E-state index in [-0.39, 0.29) is 17.0 Å². The van der Waals surface area contributed by atoms with Crippen LogP contribution in [0.5, 0.6) is 0 Å². The molecule has 4 atom stereocenters. The number of carbonyl (C=O) groups is 1. The van der Waals surface area contributed by atoms with Crippen molar-refractivity contribution in [3.8, 4) is 0 Å². The highest BCUT2D eigenvalue weighted by Gasteiger charge is 2.48. The first-order valence-electron chi connectivity index (χ1n) is 12.2. The maximum Gasteiger partial charge on any atom is 0.263 e. The van der Waals surface area contributed by atoms with E-state index in [0.717, 1.165) is 19.0 Å². The summed E-state index contributed by atoms with van der Waals surface area (Å²) in [6.07, 6.45) is 14.9. The van der Waals surface area contributed by atoms with E-state index in [0.29, 0.717) is 29.7 Å². The fourth-order valence-corrected chi connectivity index (χ4v) is 6.97. The number of H-pyrrole nitrogens is 1. The van der Waals surface area contributed by atoms with E-state index in [1.807, 2.05) is 4.90 Å². The van der Waals surface area contributed by atoms with Crippen molar-refractivity contribution in [1.29, 1.82) is 0 Å². The smallest absolute Gasteiger partial charge is 0.263 e. The molecule has 30 heavy (non-hydrogen) atoms. The molecule has 1 saturated carbocycles. The summed E-state index contributed by atoms with van der Waals surface area (Å²) in [6, 6.07) is 1.23. The number of aromatic nitrogens is 2. The van der Waals surface area contributed by atoms with Crippen molar-refractivity contribution >= 4 is 5.91 Å². The predicted octanol–water partition coefficient (Wildman–Crippen LogP) is 3.36. The van der Waals surface area contributed by atoms with E-state index in [9.17, 15) is 9.59 Å². The van der Waals surface area contributed by atoms with Gasteiger partial charge in [-0.2, -0.15) is 0 Å². The predicted molar refractivity (Wildman–Crippen MR) is 116 cm³/mol. The van der Waals surface area contributed by atoms with Crippen molar-refractivity contribution < 1.29 is 4.79 Å². The molecule has 1 amide bonds. The number of amides is 1. The van der Waals surface area contributed by atoms with Crippen molar-refractivity contribution in [2.75, 3.05) is 19.6 Å². The Balaban J connectivity index is 1.38. The monoisotopic (exact) mass is 412 g/mol. The van der Waals surface area contributed by atoms with E-state index < -0.39 is 0 Å². The Morgan fingerprint density at radius 3 is 2.67 bits per heavy atom. The Morgan fingerprint density at radius 1 is 1.10 bits per heavy atom. The summed E-state index contributed by atoms with van der Waals surface area (Å²) in [7, 11) is 0. The van der Waals surface area contributed by atoms with Gasteiger partial charge in [0.25, 0.3) is 11.5 Å². The molecule has 1 N–H and O–H groups in total. The highest BCUT2D eigenvalue weighted by atomic mass is 16.2. The lowest BCUT2D eigenvalue weighted by atomic mass is 9.69. The van der Waals surface area contributed by atoms with Crippen molar-refractivity contribution in [3.63, 3.8) is 0 Å². The summed E-state index contributed by atoms with van der Waals surface area (Å²) >= 11 is 0. The molecule has 0 aromatic carbocycles. The number of piperidine rings is 3. The second-order valence-corrected chi connectivity index (χ2v) is 10.3. The third kappa shape index (κ3) is 3.83. The molecular weight excluding hydrogens is 376 g/mol. The number of carbonyl (C=O) groups excluding carboxylic acids is 1. The largest absolute Gasteiger partial charge is 0.338 e. The van der Waals surface area contributed by atoms with Crippen molar-refractivity contribution in [1.82, 2.24) is 19.8 Å². The fraction of sp³-hybridized carbons (Fsp3) is 0.792. The summed E-state index contributed by atoms with van der Waals surface area (Å²) in [5.74, 6) is 2.38. The molecule has 6 heteroatoms. The molecule has 1 aliphatic carbocycles. The summed E-state index contributed by atoms with van der Waals surface area (Å²) in [4.78, 5) is 37.4. The van der Waals surface area contributed by atoms with Crippen LogP contribution in [0.4, 0.5) is 0 Å². The van der Waals surface area contributed by atoms with Gasteiger partial charge in [-0.3, -0.25) is 14.5 Å². The molecule has 4 aliphatic rings. The van der Waals surface area contributed by atoms with E-state index in [2.05, 4.69) is 14.9 Å². The van der Waals surface area contributed by atoms with E-state index in [1.165, 1.54) is 76.9 Å². The molecule has 6 nitrogen and oxygen atoms in total. The Bertz CT molecular complexity index is 831. The normalized spacial score (nSPS) is 32.6. The molecular formula is C24H36N4O2. The summed E-state index contributed by atoms with van der Waals surface area (Å²) in [5.41, 5.74) is -0.105. The van der Waals surface area contributed by atoms with Crippen LogP contribution in [-0.2, 0) is 0 Å². The topological polar surface area (TPSA) is 69.3 Å². The van der Waals surface area contributed by atoms with Crippen LogP contribution in [0.15, 0.2) is 11.0 Å². The first-order chi connectivity index (χ1) is 14.6. The van der Waals surface area contributed by atoms with Gasteiger partial charge in [0.15, 0.2) is 0 Å². The van der Waals surface area contributed by atoms with Gasteiger partial charge in [0.05, 0.1) is 0 Å². The quantitative estimate of drug-likeness (QED) is 0.826. The second-order valence-electron chi connectivity index (χ2n) is 10.3. The Morgan fingerprint density at radius 2 is 1.87 bits per heavy atom. The molecule has 4 fully saturated rings. The zero-order valence-corrected chi connectivity index (χ0v) is 18.3. The zero-order chi connectivity index (χ0) is 20.7. The fourth-order valence-electron chi connectivity index (χ4n) is 6.97. The molecule has 2 bridgehead atoms. The minimum absolute atomic E-state index is 0.126. The van der Waals surface area contributed by atoms with Crippen molar-refractivity contribution in [3.05, 3.63) is 27.9 Å². The number of hydrogen-bond acceptors (Lipinski definition) is 4. The van der Waals surface area contributed by atoms with Crippen LogP contribution in [0.1, 0.15) is 80.4 Å². The molecule has 1 aromatic rings. The first kappa shape index (κ1) is 20.2. The molecule has 0 unspecified atom stereocenters. The number of likely N-dealkylation sites (tertiary alicyclic amines) is 1. The summed E-state index contributed by atoms with van der Waals surface area (Å²) in [5, 5.41) is 0. The summed E-state index contributed by atoms with van der Waals surface area (Å²) in [6.45, 7) is 4.57. The van der Waals surface area contributed by atoms with Gasteiger partial charge in [-0.25, -0.2) is 4.98 Å². The highest BCUT2D eigenvalue weighted by molar-refractivity contribution is 5.93. The number of nitrogens with one attached hydrogen (secondary N) is 1. The zero-order valence-electron chi connectivity index (χ0n) is 18.3. The Kier molecular flexibility index (Phi) is 5.69. The number of nitrogens with zero attached hydrogens (tertiary/aromatic N) is 3. The molecule has 5 rings (SSSR count). The van der Waals surface area contributed by atoms with E-state index >= 15 is 0 Å². The van der Waals surface area contributed by atoms with Crippen molar-refractivity contribution in [2.45, 2.75) is 83.2 Å². The van der Waals surface area contributed by atoms with Crippen LogP contribution in [0, 0.1) is 24.7 Å². The third-order valence-corrected chi connectivity index (χ3v) is 8.37. The SMILES string of the molecule is Cc1ncc(C(=O)N2C[C@H]3C[C@@H](C2)[C@H](CC2CCCCC2)N2CCCC[C@@H]32)c(=O)[nH]1. The number of rotatable bonds is 3. The van der Waals surface area contributed by atoms with Gasteiger partial charge in [-0.05, 0) is 56.9 Å². The standard InChI is InChI=1S/C24H36N4O2/c1-16-25-13-20(23(29)26-16)24(30)27-14-18-12-19(15-27)22(11-17-7-3-2-4-8-17)28-10-6-5-9-21(18)28/h13,17-19,21-22H,2-12,14-15H2,1H3,(H,25,26,29)/t18-,19+,21+,22+/m1/s1. The number of fused-ring (bicyclic) bond motifs is 4. The van der Waals surface area contributed by atoms with Crippen LogP contribution < -0.4 is 5.56 Å². The molecule has 0 radical (unpaired) electrons. The average molecular weight is 413 g/mol. The Hall–Kier alpha value is -1.69. The van der Waals surface area contributed by atoms with Gasteiger partial charge in [0, 0.05) is 31.4 Å². The van der Waals surface area contributed by atoms with E-state index in [4.69, 9.17) is 0 Å². The number of hydrogen-bond donors (Lipinski definition) is 1. The summed E-state index contributed by atoms with van der Waals surface area (Å²) < 4.78 is 0. The van der Waals surface area contributed by atoms with Crippen molar-refractivity contribution in [2.24, 2.45) is 17.8 Å². The minimum atomic E-state index is -0.304. The Labute approximate surface area is 179 Å². The van der Waals surface area contributed by atoms with E-state index in [1.54, 1.807) is 6.92 Å². The average Bonchev–Trinajstić information content (AvgIpc) is 2.77. The maximum atomic E-state index is 13.3. The lowest BCUT2D eigenvalue weighted by Crippen LogP contribution is -2.64. The second kappa shape index (κ2) is 8.45. The van der Waals surface area contributed by atoms with Crippen LogP contribution >= 0.6 is 0 Å². The molecule has 0 spiro atoms. The third-order valence-electron chi connectivity index (χ3n) is 8.37. The van der Waals surface area contributed by atoms with Crippen LogP contribution in [0.25, 0.3) is 0 Å². The highest BCUT2D eigenvalue weighted by Crippen LogP contribution is 2.44. The van der Waals surface area contributed by atoms with Gasteiger partial charge < -0.3 is 9.88 Å². The van der Waals surface area contributed by atoms with Gasteiger partial charge in [-0.15, -0.1) is 0 Å². The molecule has 4 heterocycles. The first-order valence-corrected chi connectivity index (χ1v) is 12.2. The number of aryl methyl sites for hydroxylation is 1. The van der Waals surface area contributed by atoms with Crippen LogP contribution in [0.3, 0.4) is 0 Å². The molecule has 3 aliphatic heterocycles. The van der Waals surface area contributed by atoms with Gasteiger partial charge in [0.1, 0.15) is 11.4 Å². The maximum absolute atomic E-state index is 13.3.